The third kappa shape index (κ3) is 2.47. The zero-order valence-corrected chi connectivity index (χ0v) is 14.3. The van der Waals surface area contributed by atoms with E-state index in [-0.39, 0.29) is 11.6 Å². The molecule has 0 aliphatic carbocycles. The lowest BCUT2D eigenvalue weighted by Crippen LogP contribution is -2.29. The van der Waals surface area contributed by atoms with Gasteiger partial charge in [-0.05, 0) is 25.0 Å². The number of benzene rings is 1. The molecule has 26 heavy (non-hydrogen) atoms. The number of ether oxygens (including phenoxy) is 1. The molecule has 0 radical (unpaired) electrons. The van der Waals surface area contributed by atoms with Crippen LogP contribution in [0.15, 0.2) is 35.4 Å². The zero-order valence-electron chi connectivity index (χ0n) is 14.3. The van der Waals surface area contributed by atoms with Gasteiger partial charge in [0.15, 0.2) is 0 Å². The van der Waals surface area contributed by atoms with Gasteiger partial charge < -0.3 is 14.6 Å². The predicted octanol–water partition coefficient (Wildman–Crippen LogP) is 2.13. The summed E-state index contributed by atoms with van der Waals surface area (Å²) in [4.78, 5) is 31.4. The lowest BCUT2D eigenvalue weighted by Gasteiger charge is -2.29. The maximum atomic E-state index is 12.5. The molecule has 0 spiro atoms. The van der Waals surface area contributed by atoms with E-state index in [1.54, 1.807) is 12.4 Å². The molecule has 1 aromatic carbocycles. The van der Waals surface area contributed by atoms with Gasteiger partial charge in [0.25, 0.3) is 5.56 Å². The second-order valence-corrected chi connectivity index (χ2v) is 6.74. The number of fused-ring (bicyclic) bond motifs is 2. The molecule has 1 unspecified atom stereocenters. The second kappa shape index (κ2) is 6.17. The Kier molecular flexibility index (Phi) is 3.67. The number of aromatic amines is 1. The molecule has 3 aromatic rings. The summed E-state index contributed by atoms with van der Waals surface area (Å²) in [5.74, 6) is 1.61. The Morgan fingerprint density at radius 3 is 3.12 bits per heavy atom. The summed E-state index contributed by atoms with van der Waals surface area (Å²) in [6, 6.07) is 7.45. The summed E-state index contributed by atoms with van der Waals surface area (Å²) in [7, 11) is 0. The third-order valence-electron chi connectivity index (χ3n) is 5.21. The number of anilines is 1. The third-order valence-corrected chi connectivity index (χ3v) is 5.21. The van der Waals surface area contributed by atoms with Gasteiger partial charge in [0, 0.05) is 18.5 Å². The average molecular weight is 349 g/mol. The SMILES string of the molecule is O=c1[nH]c(C2CCCN2c2ncnc3c2COCC3)nc2ccccc12. The number of hydrogen-bond donors (Lipinski definition) is 1. The Hall–Kier alpha value is -2.80. The van der Waals surface area contributed by atoms with Crippen molar-refractivity contribution >= 4 is 16.7 Å². The number of nitrogens with one attached hydrogen (secondary N) is 1. The zero-order chi connectivity index (χ0) is 17.5. The van der Waals surface area contributed by atoms with Crippen molar-refractivity contribution < 1.29 is 4.74 Å². The highest BCUT2D eigenvalue weighted by atomic mass is 16.5. The van der Waals surface area contributed by atoms with E-state index >= 15 is 0 Å². The minimum absolute atomic E-state index is 0.00762. The highest BCUT2D eigenvalue weighted by molar-refractivity contribution is 5.77. The highest BCUT2D eigenvalue weighted by Crippen LogP contribution is 2.36. The summed E-state index contributed by atoms with van der Waals surface area (Å²) in [6.07, 6.45) is 4.40. The number of hydrogen-bond acceptors (Lipinski definition) is 6. The number of nitrogens with zero attached hydrogens (tertiary/aromatic N) is 4. The van der Waals surface area contributed by atoms with Crippen LogP contribution in [0.2, 0.25) is 0 Å². The van der Waals surface area contributed by atoms with Gasteiger partial charge in [-0.25, -0.2) is 15.0 Å². The van der Waals surface area contributed by atoms with Crippen LogP contribution in [0.5, 0.6) is 0 Å². The van der Waals surface area contributed by atoms with Crippen molar-refractivity contribution in [1.82, 2.24) is 19.9 Å². The Morgan fingerprint density at radius 2 is 2.15 bits per heavy atom. The molecule has 7 heteroatoms. The monoisotopic (exact) mass is 349 g/mol. The topological polar surface area (TPSA) is 84.0 Å². The van der Waals surface area contributed by atoms with E-state index in [0.717, 1.165) is 48.4 Å². The van der Waals surface area contributed by atoms with Gasteiger partial charge in [-0.1, -0.05) is 12.1 Å². The molecular weight excluding hydrogens is 330 g/mol. The number of para-hydroxylation sites is 1. The van der Waals surface area contributed by atoms with Gasteiger partial charge in [-0.15, -0.1) is 0 Å². The molecule has 1 saturated heterocycles. The van der Waals surface area contributed by atoms with Gasteiger partial charge in [0.2, 0.25) is 0 Å². The fraction of sp³-hybridized carbons (Fsp3) is 0.368. The van der Waals surface area contributed by atoms with Crippen molar-refractivity contribution in [3.63, 3.8) is 0 Å². The molecule has 7 nitrogen and oxygen atoms in total. The normalized spacial score (nSPS) is 19.7. The van der Waals surface area contributed by atoms with E-state index in [1.165, 1.54) is 0 Å². The molecule has 1 atom stereocenters. The fourth-order valence-corrected chi connectivity index (χ4v) is 3.96. The highest BCUT2D eigenvalue weighted by Gasteiger charge is 2.32. The first-order valence-corrected chi connectivity index (χ1v) is 8.97. The Labute approximate surface area is 150 Å². The largest absolute Gasteiger partial charge is 0.376 e. The van der Waals surface area contributed by atoms with Crippen LogP contribution in [0.4, 0.5) is 5.82 Å². The minimum atomic E-state index is -0.0921. The first-order valence-electron chi connectivity index (χ1n) is 8.97. The number of rotatable bonds is 2. The molecule has 0 bridgehead atoms. The van der Waals surface area contributed by atoms with Crippen molar-refractivity contribution in [2.75, 3.05) is 18.1 Å². The quantitative estimate of drug-likeness (QED) is 0.763. The van der Waals surface area contributed by atoms with Crippen molar-refractivity contribution in [2.24, 2.45) is 0 Å². The summed E-state index contributed by atoms with van der Waals surface area (Å²) < 4.78 is 5.63. The van der Waals surface area contributed by atoms with Crippen LogP contribution in [0.1, 0.15) is 36.0 Å². The average Bonchev–Trinajstić information content (AvgIpc) is 3.17. The first kappa shape index (κ1) is 15.5. The van der Waals surface area contributed by atoms with Gasteiger partial charge >= 0.3 is 0 Å². The van der Waals surface area contributed by atoms with Crippen LogP contribution >= 0.6 is 0 Å². The van der Waals surface area contributed by atoms with Crippen LogP contribution in [-0.4, -0.2) is 33.1 Å². The van der Waals surface area contributed by atoms with Crippen molar-refractivity contribution in [2.45, 2.75) is 31.9 Å². The van der Waals surface area contributed by atoms with E-state index in [0.29, 0.717) is 24.4 Å². The number of H-pyrrole nitrogens is 1. The van der Waals surface area contributed by atoms with Crippen molar-refractivity contribution in [3.8, 4) is 0 Å². The maximum Gasteiger partial charge on any atom is 0.258 e. The van der Waals surface area contributed by atoms with E-state index in [2.05, 4.69) is 19.9 Å². The summed E-state index contributed by atoms with van der Waals surface area (Å²) in [6.45, 7) is 2.12. The Morgan fingerprint density at radius 1 is 1.23 bits per heavy atom. The summed E-state index contributed by atoms with van der Waals surface area (Å²) in [5, 5.41) is 0.619. The second-order valence-electron chi connectivity index (χ2n) is 6.74. The van der Waals surface area contributed by atoms with Gasteiger partial charge in [0.05, 0.1) is 35.9 Å². The predicted molar refractivity (Wildman–Crippen MR) is 97.1 cm³/mol. The van der Waals surface area contributed by atoms with Crippen LogP contribution in [0.3, 0.4) is 0 Å². The molecule has 132 valence electrons. The molecule has 0 amide bonds. The molecule has 2 aliphatic rings. The summed E-state index contributed by atoms with van der Waals surface area (Å²) >= 11 is 0. The fourth-order valence-electron chi connectivity index (χ4n) is 3.96. The molecule has 4 heterocycles. The van der Waals surface area contributed by atoms with Crippen molar-refractivity contribution in [1.29, 1.82) is 0 Å². The Bertz CT molecular complexity index is 1030. The molecule has 5 rings (SSSR count). The van der Waals surface area contributed by atoms with Crippen molar-refractivity contribution in [3.05, 3.63) is 58.0 Å². The molecule has 0 saturated carbocycles. The number of aromatic nitrogens is 4. The smallest absolute Gasteiger partial charge is 0.258 e. The van der Waals surface area contributed by atoms with E-state index in [9.17, 15) is 4.79 Å². The molecule has 1 fully saturated rings. The van der Waals surface area contributed by atoms with Crippen LogP contribution in [-0.2, 0) is 17.8 Å². The standard InChI is InChI=1S/C19H19N5O2/c25-19-12-4-1-2-5-15(12)22-17(23-19)16-6-3-8-24(16)18-13-10-26-9-7-14(13)20-11-21-18/h1-2,4-5,11,16H,3,6-10H2,(H,22,23,25). The molecule has 1 N–H and O–H groups in total. The van der Waals surface area contributed by atoms with E-state index in [1.807, 2.05) is 18.2 Å². The van der Waals surface area contributed by atoms with E-state index < -0.39 is 0 Å². The lowest BCUT2D eigenvalue weighted by molar-refractivity contribution is 0.109. The van der Waals surface area contributed by atoms with Crippen LogP contribution in [0, 0.1) is 0 Å². The molecular formula is C19H19N5O2. The van der Waals surface area contributed by atoms with Crippen LogP contribution < -0.4 is 10.5 Å². The first-order chi connectivity index (χ1) is 12.8. The maximum absolute atomic E-state index is 12.5. The van der Waals surface area contributed by atoms with Gasteiger partial charge in [-0.3, -0.25) is 4.79 Å². The molecule has 2 aromatic heterocycles. The summed E-state index contributed by atoms with van der Waals surface area (Å²) in [5.41, 5.74) is 2.76. The molecule has 2 aliphatic heterocycles. The minimum Gasteiger partial charge on any atom is -0.376 e. The van der Waals surface area contributed by atoms with Gasteiger partial charge in [-0.2, -0.15) is 0 Å². The lowest BCUT2D eigenvalue weighted by atomic mass is 10.1. The van der Waals surface area contributed by atoms with E-state index in [4.69, 9.17) is 9.72 Å². The Balaban J connectivity index is 1.59. The van der Waals surface area contributed by atoms with Crippen LogP contribution in [0.25, 0.3) is 10.9 Å². The van der Waals surface area contributed by atoms with Gasteiger partial charge in [0.1, 0.15) is 18.0 Å².